The molecule has 0 saturated carbocycles. The Morgan fingerprint density at radius 2 is 1.62 bits per heavy atom. The fourth-order valence-corrected chi connectivity index (χ4v) is 4.09. The lowest BCUT2D eigenvalue weighted by Crippen LogP contribution is -2.05. The summed E-state index contributed by atoms with van der Waals surface area (Å²) in [7, 11) is 0. The van der Waals surface area contributed by atoms with Crippen LogP contribution in [0.4, 0.5) is 0 Å². The lowest BCUT2D eigenvalue weighted by Gasteiger charge is -2.10. The minimum absolute atomic E-state index is 0.0378. The van der Waals surface area contributed by atoms with Crippen LogP contribution in [0.1, 0.15) is 10.4 Å². The molecule has 0 atom stereocenters. The zero-order chi connectivity index (χ0) is 20.2. The Kier molecular flexibility index (Phi) is 6.22. The number of hydrogen-bond donors (Lipinski definition) is 0. The van der Waals surface area contributed by atoms with Gasteiger partial charge in [0, 0.05) is 38.2 Å². The summed E-state index contributed by atoms with van der Waals surface area (Å²) in [6.07, 6.45) is 3.47. The molecule has 2 aromatic heterocycles. The Labute approximate surface area is 188 Å². The maximum absolute atomic E-state index is 12.6. The monoisotopic (exact) mass is 528 g/mol. The Morgan fingerprint density at radius 1 is 0.931 bits per heavy atom. The smallest absolute Gasteiger partial charge is 0.196 e. The number of hydrogen-bond acceptors (Lipinski definition) is 5. The molecule has 5 nitrogen and oxygen atoms in total. The third-order valence-electron chi connectivity index (χ3n) is 4.14. The largest absolute Gasteiger partial charge is 0.293 e. The van der Waals surface area contributed by atoms with Crippen molar-refractivity contribution in [3.8, 4) is 17.1 Å². The van der Waals surface area contributed by atoms with E-state index in [0.29, 0.717) is 16.5 Å². The van der Waals surface area contributed by atoms with Crippen LogP contribution < -0.4 is 0 Å². The summed E-state index contributed by atoms with van der Waals surface area (Å²) in [5.74, 6) is 0.985. The summed E-state index contributed by atoms with van der Waals surface area (Å²) in [4.78, 5) is 16.8. The second-order valence-corrected chi connectivity index (χ2v) is 8.85. The first kappa shape index (κ1) is 20.0. The van der Waals surface area contributed by atoms with Crippen molar-refractivity contribution in [1.82, 2.24) is 19.7 Å². The van der Waals surface area contributed by atoms with Crippen molar-refractivity contribution in [3.05, 3.63) is 87.6 Å². The summed E-state index contributed by atoms with van der Waals surface area (Å²) in [6.45, 7) is 0. The van der Waals surface area contributed by atoms with E-state index in [4.69, 9.17) is 0 Å². The first-order chi connectivity index (χ1) is 14.1. The lowest BCUT2D eigenvalue weighted by atomic mass is 10.2. The Bertz CT molecular complexity index is 1130. The summed E-state index contributed by atoms with van der Waals surface area (Å²) < 4.78 is 3.87. The first-order valence-electron chi connectivity index (χ1n) is 8.65. The molecular weight excluding hydrogens is 516 g/mol. The first-order valence-corrected chi connectivity index (χ1v) is 11.2. The number of ketones is 1. The topological polar surface area (TPSA) is 60.7 Å². The lowest BCUT2D eigenvalue weighted by molar-refractivity contribution is 0.102. The maximum atomic E-state index is 12.6. The van der Waals surface area contributed by atoms with Crippen molar-refractivity contribution >= 4 is 49.4 Å². The average Bonchev–Trinajstić information content (AvgIpc) is 3.17. The summed E-state index contributed by atoms with van der Waals surface area (Å²) in [5, 5.41) is 9.37. The SMILES string of the molecule is O=C(CSc1nnc(-c2cccnc2)n1-c1ccc(Br)cc1)c1ccc(Br)cc1. The minimum Gasteiger partial charge on any atom is -0.293 e. The fourth-order valence-electron chi connectivity index (χ4n) is 2.72. The molecule has 0 aliphatic carbocycles. The van der Waals surface area contributed by atoms with Crippen LogP contribution in [0.5, 0.6) is 0 Å². The normalized spacial score (nSPS) is 10.8. The molecule has 0 radical (unpaired) electrons. The molecule has 0 spiro atoms. The molecule has 0 saturated heterocycles. The molecule has 8 heteroatoms. The summed E-state index contributed by atoms with van der Waals surface area (Å²) in [5.41, 5.74) is 2.44. The molecule has 0 unspecified atom stereocenters. The number of carbonyl (C=O) groups is 1. The standard InChI is InChI=1S/C21H14Br2N4OS/c22-16-5-3-14(4-6-16)19(28)13-29-21-26-25-20(15-2-1-11-24-12-15)27(21)18-9-7-17(23)8-10-18/h1-12H,13H2. The number of halogens is 2. The molecule has 0 aliphatic heterocycles. The number of Topliss-reactive ketones (excluding diaryl/α,β-unsaturated/α-hetero) is 1. The van der Waals surface area contributed by atoms with Gasteiger partial charge in [0.1, 0.15) is 0 Å². The van der Waals surface area contributed by atoms with Gasteiger partial charge in [-0.1, -0.05) is 55.8 Å². The van der Waals surface area contributed by atoms with Crippen LogP contribution in [-0.4, -0.2) is 31.3 Å². The van der Waals surface area contributed by atoms with E-state index in [1.807, 2.05) is 65.2 Å². The van der Waals surface area contributed by atoms with Gasteiger partial charge in [-0.15, -0.1) is 10.2 Å². The van der Waals surface area contributed by atoms with Gasteiger partial charge in [0.2, 0.25) is 0 Å². The highest BCUT2D eigenvalue weighted by atomic mass is 79.9. The van der Waals surface area contributed by atoms with Crippen LogP contribution in [0.3, 0.4) is 0 Å². The minimum atomic E-state index is 0.0378. The Balaban J connectivity index is 1.66. The van der Waals surface area contributed by atoms with E-state index in [0.717, 1.165) is 20.2 Å². The van der Waals surface area contributed by atoms with Crippen LogP contribution in [-0.2, 0) is 0 Å². The van der Waals surface area contributed by atoms with Crippen molar-refractivity contribution in [3.63, 3.8) is 0 Å². The molecule has 0 aliphatic rings. The maximum Gasteiger partial charge on any atom is 0.196 e. The number of carbonyl (C=O) groups excluding carboxylic acids is 1. The molecule has 2 aromatic carbocycles. The van der Waals surface area contributed by atoms with Gasteiger partial charge < -0.3 is 0 Å². The van der Waals surface area contributed by atoms with E-state index < -0.39 is 0 Å². The van der Waals surface area contributed by atoms with Crippen LogP contribution in [0.25, 0.3) is 17.1 Å². The summed E-state index contributed by atoms with van der Waals surface area (Å²) >= 11 is 8.22. The van der Waals surface area contributed by atoms with Crippen molar-refractivity contribution in [2.24, 2.45) is 0 Å². The molecule has 0 fully saturated rings. The molecule has 144 valence electrons. The third-order valence-corrected chi connectivity index (χ3v) is 6.12. The van der Waals surface area contributed by atoms with Gasteiger partial charge in [-0.3, -0.25) is 14.3 Å². The van der Waals surface area contributed by atoms with E-state index in [2.05, 4.69) is 47.0 Å². The highest BCUT2D eigenvalue weighted by Crippen LogP contribution is 2.28. The number of rotatable bonds is 6. The van der Waals surface area contributed by atoms with E-state index in [-0.39, 0.29) is 11.5 Å². The highest BCUT2D eigenvalue weighted by molar-refractivity contribution is 9.10. The van der Waals surface area contributed by atoms with Gasteiger partial charge in [0.05, 0.1) is 5.75 Å². The van der Waals surface area contributed by atoms with Crippen LogP contribution in [0, 0.1) is 0 Å². The van der Waals surface area contributed by atoms with Gasteiger partial charge in [0.15, 0.2) is 16.8 Å². The number of benzene rings is 2. The van der Waals surface area contributed by atoms with Crippen molar-refractivity contribution in [2.45, 2.75) is 5.16 Å². The van der Waals surface area contributed by atoms with Crippen molar-refractivity contribution < 1.29 is 4.79 Å². The quantitative estimate of drug-likeness (QED) is 0.232. The predicted octanol–water partition coefficient (Wildman–Crippen LogP) is 5.83. The second kappa shape index (κ2) is 9.02. The number of thioether (sulfide) groups is 1. The predicted molar refractivity (Wildman–Crippen MR) is 121 cm³/mol. The summed E-state index contributed by atoms with van der Waals surface area (Å²) in [6, 6.07) is 19.0. The number of nitrogens with zero attached hydrogens (tertiary/aromatic N) is 4. The highest BCUT2D eigenvalue weighted by Gasteiger charge is 2.18. The number of pyridine rings is 1. The zero-order valence-electron chi connectivity index (χ0n) is 15.0. The average molecular weight is 530 g/mol. The molecule has 0 bridgehead atoms. The van der Waals surface area contributed by atoms with E-state index in [1.54, 1.807) is 12.4 Å². The van der Waals surface area contributed by atoms with Gasteiger partial charge in [-0.25, -0.2) is 0 Å². The molecule has 29 heavy (non-hydrogen) atoms. The van der Waals surface area contributed by atoms with Gasteiger partial charge in [0.25, 0.3) is 0 Å². The fraction of sp³-hybridized carbons (Fsp3) is 0.0476. The van der Waals surface area contributed by atoms with Gasteiger partial charge >= 0.3 is 0 Å². The number of aromatic nitrogens is 4. The molecule has 0 amide bonds. The van der Waals surface area contributed by atoms with Gasteiger partial charge in [-0.05, 0) is 48.5 Å². The molecular formula is C21H14Br2N4OS. The molecule has 4 rings (SSSR count). The van der Waals surface area contributed by atoms with E-state index in [1.165, 1.54) is 11.8 Å². The third kappa shape index (κ3) is 4.66. The van der Waals surface area contributed by atoms with Crippen LogP contribution >= 0.6 is 43.6 Å². The van der Waals surface area contributed by atoms with Crippen molar-refractivity contribution in [1.29, 1.82) is 0 Å². The Morgan fingerprint density at radius 3 is 2.28 bits per heavy atom. The van der Waals surface area contributed by atoms with Gasteiger partial charge in [-0.2, -0.15) is 0 Å². The second-order valence-electron chi connectivity index (χ2n) is 6.08. The van der Waals surface area contributed by atoms with Crippen LogP contribution in [0.2, 0.25) is 0 Å². The van der Waals surface area contributed by atoms with E-state index in [9.17, 15) is 4.79 Å². The molecule has 4 aromatic rings. The van der Waals surface area contributed by atoms with E-state index >= 15 is 0 Å². The molecule has 2 heterocycles. The molecule has 0 N–H and O–H groups in total. The zero-order valence-corrected chi connectivity index (χ0v) is 19.0. The Hall–Kier alpha value is -2.29. The van der Waals surface area contributed by atoms with Crippen molar-refractivity contribution in [2.75, 3.05) is 5.75 Å². The van der Waals surface area contributed by atoms with Crippen LogP contribution in [0.15, 0.2) is 87.2 Å².